The first-order chi connectivity index (χ1) is 16.0. The average molecular weight is 580 g/mol. The highest BCUT2D eigenvalue weighted by molar-refractivity contribution is 14.1. The number of thioether (sulfide) groups is 1. The van der Waals surface area contributed by atoms with Crippen LogP contribution in [0.5, 0.6) is 11.5 Å². The molecule has 0 bridgehead atoms. The molecule has 1 fully saturated rings. The van der Waals surface area contributed by atoms with Crippen LogP contribution in [0.15, 0.2) is 52.4 Å². The normalized spacial score (nSPS) is 17.1. The van der Waals surface area contributed by atoms with Gasteiger partial charge in [0.05, 0.1) is 27.4 Å². The number of carbonyl (C=O) groups excluding carboxylic acids is 1. The number of nitrogens with zero attached hydrogens (tertiary/aromatic N) is 2. The Labute approximate surface area is 213 Å². The van der Waals surface area contributed by atoms with Gasteiger partial charge in [0, 0.05) is 20.3 Å². The number of methoxy groups -OCH3 is 2. The highest BCUT2D eigenvalue weighted by Crippen LogP contribution is 2.38. The molecule has 33 heavy (non-hydrogen) atoms. The summed E-state index contributed by atoms with van der Waals surface area (Å²) in [6, 6.07) is 13.6. The zero-order chi connectivity index (χ0) is 23.8. The number of carbonyl (C=O) groups is 1. The van der Waals surface area contributed by atoms with E-state index in [-0.39, 0.29) is 12.0 Å². The summed E-state index contributed by atoms with van der Waals surface area (Å²) in [5.41, 5.74) is 1.69. The van der Waals surface area contributed by atoms with Gasteiger partial charge in [-0.1, -0.05) is 25.1 Å². The molecule has 2 aromatic carbocycles. The summed E-state index contributed by atoms with van der Waals surface area (Å²) in [4.78, 5) is 20.3. The third kappa shape index (κ3) is 6.74. The lowest BCUT2D eigenvalue weighted by molar-refractivity contribution is -0.122. The number of para-hydroxylation sites is 1. The maximum absolute atomic E-state index is 13.3. The molecule has 8 heteroatoms. The quantitative estimate of drug-likeness (QED) is 0.193. The second-order valence-corrected chi connectivity index (χ2v) is 9.69. The molecule has 2 aromatic rings. The second-order valence-electron chi connectivity index (χ2n) is 7.51. The van der Waals surface area contributed by atoms with Crippen molar-refractivity contribution < 1.29 is 19.0 Å². The molecule has 1 aliphatic rings. The highest BCUT2D eigenvalue weighted by atomic mass is 127. The number of aliphatic imine (C=N–C) groups is 1. The van der Waals surface area contributed by atoms with E-state index in [9.17, 15) is 4.79 Å². The zero-order valence-corrected chi connectivity index (χ0v) is 22.3. The average Bonchev–Trinajstić information content (AvgIpc) is 3.10. The summed E-state index contributed by atoms with van der Waals surface area (Å²) in [6.07, 6.45) is 3.61. The van der Waals surface area contributed by atoms with Gasteiger partial charge in [-0.05, 0) is 90.0 Å². The minimum absolute atomic E-state index is 0.0558. The van der Waals surface area contributed by atoms with Crippen molar-refractivity contribution in [2.24, 2.45) is 4.99 Å². The summed E-state index contributed by atoms with van der Waals surface area (Å²) >= 11 is 3.63. The first-order valence-electron chi connectivity index (χ1n) is 10.8. The van der Waals surface area contributed by atoms with Crippen molar-refractivity contribution in [1.29, 1.82) is 0 Å². The number of hydrogen-bond acceptors (Lipinski definition) is 6. The van der Waals surface area contributed by atoms with Crippen molar-refractivity contribution in [3.05, 3.63) is 56.5 Å². The topological polar surface area (TPSA) is 60.4 Å². The molecule has 6 nitrogen and oxygen atoms in total. The minimum Gasteiger partial charge on any atom is -0.493 e. The van der Waals surface area contributed by atoms with Gasteiger partial charge in [-0.3, -0.25) is 9.69 Å². The Bertz CT molecular complexity index is 1030. The van der Waals surface area contributed by atoms with Gasteiger partial charge < -0.3 is 14.2 Å². The molecule has 1 saturated heterocycles. The van der Waals surface area contributed by atoms with Crippen molar-refractivity contribution in [3.8, 4) is 11.5 Å². The Hall–Kier alpha value is -2.04. The van der Waals surface area contributed by atoms with Crippen molar-refractivity contribution in [1.82, 2.24) is 4.90 Å². The largest absolute Gasteiger partial charge is 0.493 e. The minimum atomic E-state index is -0.0558. The van der Waals surface area contributed by atoms with Crippen LogP contribution in [0.25, 0.3) is 6.08 Å². The molecule has 1 aliphatic heterocycles. The third-order valence-electron chi connectivity index (χ3n) is 5.04. The van der Waals surface area contributed by atoms with E-state index in [1.54, 1.807) is 19.1 Å². The van der Waals surface area contributed by atoms with Gasteiger partial charge in [-0.2, -0.15) is 0 Å². The molecular weight excluding hydrogens is 551 g/mol. The van der Waals surface area contributed by atoms with E-state index in [1.807, 2.05) is 55.5 Å². The summed E-state index contributed by atoms with van der Waals surface area (Å²) in [5.74, 6) is 1.33. The molecule has 176 valence electrons. The summed E-state index contributed by atoms with van der Waals surface area (Å²) in [6.45, 7) is 5.24. The molecule has 3 rings (SSSR count). The van der Waals surface area contributed by atoms with Gasteiger partial charge in [0.2, 0.25) is 0 Å². The van der Waals surface area contributed by atoms with Crippen LogP contribution >= 0.6 is 34.4 Å². The molecule has 0 N–H and O–H groups in total. The van der Waals surface area contributed by atoms with E-state index in [0.29, 0.717) is 29.0 Å². The number of rotatable bonds is 10. The van der Waals surface area contributed by atoms with Crippen LogP contribution in [0.2, 0.25) is 0 Å². The highest BCUT2D eigenvalue weighted by Gasteiger charge is 2.33. The molecule has 0 aliphatic carbocycles. The Kier molecular flexibility index (Phi) is 9.64. The molecule has 1 atom stereocenters. The maximum Gasteiger partial charge on any atom is 0.266 e. The number of hydrogen-bond donors (Lipinski definition) is 0. The van der Waals surface area contributed by atoms with Crippen LogP contribution in [-0.2, 0) is 9.53 Å². The predicted molar refractivity (Wildman–Crippen MR) is 143 cm³/mol. The molecule has 1 heterocycles. The lowest BCUT2D eigenvalue weighted by atomic mass is 10.1. The first kappa shape index (κ1) is 25.6. The Morgan fingerprint density at radius 1 is 1.21 bits per heavy atom. The number of ether oxygens (including phenoxy) is 3. The van der Waals surface area contributed by atoms with Gasteiger partial charge in [-0.25, -0.2) is 4.99 Å². The van der Waals surface area contributed by atoms with E-state index in [4.69, 9.17) is 19.2 Å². The fraction of sp³-hybridized carbons (Fsp3) is 0.360. The van der Waals surface area contributed by atoms with E-state index in [0.717, 1.165) is 33.4 Å². The van der Waals surface area contributed by atoms with Crippen molar-refractivity contribution in [2.45, 2.75) is 32.8 Å². The Balaban J connectivity index is 1.93. The van der Waals surface area contributed by atoms with Crippen LogP contribution in [-0.4, -0.2) is 49.4 Å². The van der Waals surface area contributed by atoms with Crippen molar-refractivity contribution >= 4 is 57.2 Å². The molecular formula is C25H29IN2O4S. The Morgan fingerprint density at radius 2 is 1.97 bits per heavy atom. The fourth-order valence-corrected chi connectivity index (χ4v) is 4.92. The summed E-state index contributed by atoms with van der Waals surface area (Å²) < 4.78 is 17.8. The number of amidine groups is 1. The lowest BCUT2D eigenvalue weighted by Gasteiger charge is -2.17. The number of halogens is 1. The van der Waals surface area contributed by atoms with Crippen LogP contribution in [0.1, 0.15) is 32.3 Å². The van der Waals surface area contributed by atoms with Gasteiger partial charge in [0.25, 0.3) is 5.91 Å². The standard InChI is InChI=1S/C25H29IN2O4S/c1-5-17(2)32-23-20(26)14-18(15-21(23)31-4)16-22-24(29)28(12-9-13-30-3)25(33-22)27-19-10-7-6-8-11-19/h6-8,10-11,14-17H,5,9,12-13H2,1-4H3/b22-16-,27-25?/t17-/m0/s1. The maximum atomic E-state index is 13.3. The monoisotopic (exact) mass is 580 g/mol. The van der Waals surface area contributed by atoms with Crippen molar-refractivity contribution in [3.63, 3.8) is 0 Å². The molecule has 0 aromatic heterocycles. The van der Waals surface area contributed by atoms with Crippen LogP contribution in [0.4, 0.5) is 5.69 Å². The SMILES string of the molecule is CC[C@H](C)Oc1c(I)cc(/C=C2\SC(=Nc3ccccc3)N(CCCOC)C2=O)cc1OC. The number of benzene rings is 2. The zero-order valence-electron chi connectivity index (χ0n) is 19.3. The Morgan fingerprint density at radius 3 is 2.64 bits per heavy atom. The summed E-state index contributed by atoms with van der Waals surface area (Å²) in [7, 11) is 3.29. The predicted octanol–water partition coefficient (Wildman–Crippen LogP) is 6.12. The van der Waals surface area contributed by atoms with E-state index < -0.39 is 0 Å². The molecule has 0 unspecified atom stereocenters. The summed E-state index contributed by atoms with van der Waals surface area (Å²) in [5, 5.41) is 0.673. The smallest absolute Gasteiger partial charge is 0.266 e. The lowest BCUT2D eigenvalue weighted by Crippen LogP contribution is -2.30. The van der Waals surface area contributed by atoms with Crippen LogP contribution in [0.3, 0.4) is 0 Å². The van der Waals surface area contributed by atoms with E-state index in [1.165, 1.54) is 11.8 Å². The number of amides is 1. The second kappa shape index (κ2) is 12.4. The molecule has 1 amide bonds. The molecule has 0 spiro atoms. The first-order valence-corrected chi connectivity index (χ1v) is 12.7. The van der Waals surface area contributed by atoms with Crippen LogP contribution < -0.4 is 9.47 Å². The van der Waals surface area contributed by atoms with Gasteiger partial charge in [0.15, 0.2) is 16.7 Å². The van der Waals surface area contributed by atoms with Crippen LogP contribution in [0, 0.1) is 3.57 Å². The third-order valence-corrected chi connectivity index (χ3v) is 6.85. The van der Waals surface area contributed by atoms with Crippen molar-refractivity contribution in [2.75, 3.05) is 27.4 Å². The fourth-order valence-electron chi connectivity index (χ4n) is 3.14. The van der Waals surface area contributed by atoms with E-state index >= 15 is 0 Å². The van der Waals surface area contributed by atoms with Gasteiger partial charge >= 0.3 is 0 Å². The molecule has 0 radical (unpaired) electrons. The van der Waals surface area contributed by atoms with E-state index in [2.05, 4.69) is 29.5 Å². The van der Waals surface area contributed by atoms with Gasteiger partial charge in [0.1, 0.15) is 0 Å². The molecule has 0 saturated carbocycles. The van der Waals surface area contributed by atoms with Gasteiger partial charge in [-0.15, -0.1) is 0 Å².